The van der Waals surface area contributed by atoms with Gasteiger partial charge in [0, 0.05) is 24.3 Å². The Balaban J connectivity index is 0. The van der Waals surface area contributed by atoms with Crippen LogP contribution in [0.2, 0.25) is 0 Å². The maximum absolute atomic E-state index is 12.0. The molecule has 4 N–H and O–H groups in total. The van der Waals surface area contributed by atoms with Crippen LogP contribution in [0.4, 0.5) is 5.69 Å². The number of anilines is 1. The van der Waals surface area contributed by atoms with Crippen LogP contribution in [0.5, 0.6) is 0 Å². The molecule has 0 radical (unpaired) electrons. The van der Waals surface area contributed by atoms with Gasteiger partial charge in [-0.05, 0) is 44.3 Å². The van der Waals surface area contributed by atoms with Gasteiger partial charge in [0.05, 0.1) is 6.04 Å². The lowest BCUT2D eigenvalue weighted by molar-refractivity contribution is -0.117. The van der Waals surface area contributed by atoms with E-state index in [4.69, 9.17) is 5.73 Å². The second-order valence-corrected chi connectivity index (χ2v) is 5.14. The Morgan fingerprint density at radius 2 is 1.67 bits per heavy atom. The molecule has 6 nitrogen and oxygen atoms in total. The van der Waals surface area contributed by atoms with Gasteiger partial charge >= 0.3 is 0 Å². The van der Waals surface area contributed by atoms with Crippen LogP contribution >= 0.6 is 24.8 Å². The van der Waals surface area contributed by atoms with Gasteiger partial charge in [-0.15, -0.1) is 24.8 Å². The third-order valence-corrected chi connectivity index (χ3v) is 3.44. The summed E-state index contributed by atoms with van der Waals surface area (Å²) in [6.07, 6.45) is 0. The number of benzene rings is 1. The van der Waals surface area contributed by atoms with E-state index in [1.165, 1.54) is 0 Å². The predicted molar refractivity (Wildman–Crippen MR) is 103 cm³/mol. The molecule has 0 fully saturated rings. The molecule has 0 aliphatic heterocycles. The Labute approximate surface area is 156 Å². The second-order valence-electron chi connectivity index (χ2n) is 5.14. The van der Waals surface area contributed by atoms with Crippen molar-refractivity contribution in [2.24, 2.45) is 5.73 Å². The number of halogens is 2. The fourth-order valence-corrected chi connectivity index (χ4v) is 1.93. The maximum atomic E-state index is 12.0. The third-order valence-electron chi connectivity index (χ3n) is 3.44. The van der Waals surface area contributed by atoms with Gasteiger partial charge in [-0.1, -0.05) is 13.8 Å². The first-order chi connectivity index (χ1) is 10.5. The molecule has 0 aliphatic carbocycles. The van der Waals surface area contributed by atoms with E-state index in [-0.39, 0.29) is 36.6 Å². The SMILES string of the molecule is CCN(CC)CCNC(=O)c1ccc(NC(=O)C(C)N)cc1.Cl.Cl. The largest absolute Gasteiger partial charge is 0.351 e. The van der Waals surface area contributed by atoms with Gasteiger partial charge in [0.25, 0.3) is 5.91 Å². The minimum atomic E-state index is -0.567. The monoisotopic (exact) mass is 378 g/mol. The zero-order valence-electron chi connectivity index (χ0n) is 14.4. The normalized spacial score (nSPS) is 11.0. The fourth-order valence-electron chi connectivity index (χ4n) is 1.93. The average molecular weight is 379 g/mol. The van der Waals surface area contributed by atoms with E-state index >= 15 is 0 Å². The van der Waals surface area contributed by atoms with Crippen molar-refractivity contribution in [2.45, 2.75) is 26.8 Å². The van der Waals surface area contributed by atoms with Crippen LogP contribution in [-0.4, -0.2) is 48.9 Å². The number of nitrogens with two attached hydrogens (primary N) is 1. The van der Waals surface area contributed by atoms with Gasteiger partial charge in [-0.3, -0.25) is 9.59 Å². The minimum Gasteiger partial charge on any atom is -0.351 e. The first kappa shape index (κ1) is 24.9. The number of hydrogen-bond acceptors (Lipinski definition) is 4. The molecule has 0 aromatic heterocycles. The average Bonchev–Trinajstić information content (AvgIpc) is 2.52. The van der Waals surface area contributed by atoms with Crippen LogP contribution < -0.4 is 16.4 Å². The number of likely N-dealkylation sites (N-methyl/N-ethyl adjacent to an activating group) is 1. The lowest BCUT2D eigenvalue weighted by atomic mass is 10.2. The number of carbonyl (C=O) groups excluding carboxylic acids is 2. The van der Waals surface area contributed by atoms with Crippen LogP contribution in [0.25, 0.3) is 0 Å². The molecule has 2 amide bonds. The fraction of sp³-hybridized carbons (Fsp3) is 0.500. The van der Waals surface area contributed by atoms with Crippen LogP contribution in [-0.2, 0) is 4.79 Å². The second kappa shape index (κ2) is 13.0. The van der Waals surface area contributed by atoms with Crippen LogP contribution in [0.1, 0.15) is 31.1 Å². The van der Waals surface area contributed by atoms with Gasteiger partial charge in [0.1, 0.15) is 0 Å². The van der Waals surface area contributed by atoms with E-state index < -0.39 is 6.04 Å². The molecule has 0 bridgehead atoms. The summed E-state index contributed by atoms with van der Waals surface area (Å²) in [4.78, 5) is 25.7. The van der Waals surface area contributed by atoms with Crippen LogP contribution in [0.15, 0.2) is 24.3 Å². The van der Waals surface area contributed by atoms with Crippen LogP contribution in [0, 0.1) is 0 Å². The Morgan fingerprint density at radius 1 is 1.12 bits per heavy atom. The number of rotatable bonds is 8. The molecular weight excluding hydrogens is 351 g/mol. The van der Waals surface area contributed by atoms with Crippen LogP contribution in [0.3, 0.4) is 0 Å². The number of carbonyl (C=O) groups is 2. The minimum absolute atomic E-state index is 0. The molecule has 0 saturated carbocycles. The molecule has 1 aromatic rings. The van der Waals surface area contributed by atoms with Gasteiger partial charge < -0.3 is 21.3 Å². The molecule has 0 spiro atoms. The highest BCUT2D eigenvalue weighted by Crippen LogP contribution is 2.09. The highest BCUT2D eigenvalue weighted by Gasteiger charge is 2.09. The summed E-state index contributed by atoms with van der Waals surface area (Å²) in [5.74, 6) is -0.367. The van der Waals surface area contributed by atoms with Crippen molar-refractivity contribution in [1.82, 2.24) is 10.2 Å². The summed E-state index contributed by atoms with van der Waals surface area (Å²) < 4.78 is 0. The van der Waals surface area contributed by atoms with E-state index in [1.54, 1.807) is 31.2 Å². The Kier molecular flexibility index (Phi) is 13.5. The van der Waals surface area contributed by atoms with E-state index in [0.29, 0.717) is 17.8 Å². The first-order valence-corrected chi connectivity index (χ1v) is 7.65. The standard InChI is InChI=1S/C16H26N4O2.2ClH/c1-4-20(5-2)11-10-18-16(22)13-6-8-14(9-7-13)19-15(21)12(3)17;;/h6-9,12H,4-5,10-11,17H2,1-3H3,(H,18,22)(H,19,21);2*1H. The lowest BCUT2D eigenvalue weighted by Crippen LogP contribution is -2.34. The topological polar surface area (TPSA) is 87.5 Å². The third kappa shape index (κ3) is 8.49. The Morgan fingerprint density at radius 3 is 2.12 bits per heavy atom. The van der Waals surface area contributed by atoms with Crippen molar-refractivity contribution in [3.8, 4) is 0 Å². The van der Waals surface area contributed by atoms with Crippen molar-refractivity contribution in [3.63, 3.8) is 0 Å². The first-order valence-electron chi connectivity index (χ1n) is 7.65. The van der Waals surface area contributed by atoms with Crippen molar-refractivity contribution in [2.75, 3.05) is 31.5 Å². The predicted octanol–water partition coefficient (Wildman–Crippen LogP) is 1.89. The van der Waals surface area contributed by atoms with E-state index in [9.17, 15) is 9.59 Å². The lowest BCUT2D eigenvalue weighted by Gasteiger charge is -2.18. The van der Waals surface area contributed by atoms with E-state index in [2.05, 4.69) is 29.4 Å². The molecule has 1 atom stereocenters. The van der Waals surface area contributed by atoms with Gasteiger partial charge in [0.2, 0.25) is 5.91 Å². The number of nitrogens with zero attached hydrogens (tertiary/aromatic N) is 1. The molecule has 138 valence electrons. The molecule has 0 aliphatic rings. The smallest absolute Gasteiger partial charge is 0.251 e. The molecule has 0 heterocycles. The Hall–Kier alpha value is -1.34. The summed E-state index contributed by atoms with van der Waals surface area (Å²) in [5.41, 5.74) is 6.68. The summed E-state index contributed by atoms with van der Waals surface area (Å²) in [7, 11) is 0. The summed E-state index contributed by atoms with van der Waals surface area (Å²) >= 11 is 0. The molecule has 1 unspecified atom stereocenters. The molecule has 1 rings (SSSR count). The summed E-state index contributed by atoms with van der Waals surface area (Å²) in [5, 5.41) is 5.57. The molecule has 0 saturated heterocycles. The van der Waals surface area contributed by atoms with Gasteiger partial charge in [0.15, 0.2) is 0 Å². The summed E-state index contributed by atoms with van der Waals surface area (Å²) in [6.45, 7) is 9.21. The van der Waals surface area contributed by atoms with Crippen molar-refractivity contribution < 1.29 is 9.59 Å². The number of nitrogens with one attached hydrogen (secondary N) is 2. The van der Waals surface area contributed by atoms with Crippen molar-refractivity contribution in [3.05, 3.63) is 29.8 Å². The highest BCUT2D eigenvalue weighted by molar-refractivity contribution is 5.96. The summed E-state index contributed by atoms with van der Waals surface area (Å²) in [6, 6.07) is 6.19. The maximum Gasteiger partial charge on any atom is 0.251 e. The highest BCUT2D eigenvalue weighted by atomic mass is 35.5. The zero-order chi connectivity index (χ0) is 16.5. The molecule has 24 heavy (non-hydrogen) atoms. The number of amides is 2. The quantitative estimate of drug-likeness (QED) is 0.644. The number of hydrogen-bond donors (Lipinski definition) is 3. The Bertz CT molecular complexity index is 491. The molecular formula is C16H28Cl2N4O2. The van der Waals surface area contributed by atoms with Crippen molar-refractivity contribution >= 4 is 42.3 Å². The molecule has 1 aromatic carbocycles. The van der Waals surface area contributed by atoms with Crippen molar-refractivity contribution in [1.29, 1.82) is 0 Å². The van der Waals surface area contributed by atoms with Gasteiger partial charge in [-0.25, -0.2) is 0 Å². The molecule has 8 heteroatoms. The van der Waals surface area contributed by atoms with E-state index in [0.717, 1.165) is 19.6 Å². The van der Waals surface area contributed by atoms with Gasteiger partial charge in [-0.2, -0.15) is 0 Å². The van der Waals surface area contributed by atoms with E-state index in [1.807, 2.05) is 0 Å². The zero-order valence-corrected chi connectivity index (χ0v) is 16.0.